The molecule has 0 aliphatic carbocycles. The minimum atomic E-state index is 0.0530. The van der Waals surface area contributed by atoms with E-state index in [1.54, 1.807) is 23.1 Å². The van der Waals surface area contributed by atoms with Crippen molar-refractivity contribution in [1.29, 1.82) is 0 Å². The van der Waals surface area contributed by atoms with Gasteiger partial charge in [-0.15, -0.1) is 0 Å². The second kappa shape index (κ2) is 8.96. The minimum Gasteiger partial charge on any atom is -0.340 e. The van der Waals surface area contributed by atoms with Gasteiger partial charge in [-0.1, -0.05) is 30.3 Å². The number of hydrogen-bond donors (Lipinski definition) is 1. The van der Waals surface area contributed by atoms with Crippen molar-refractivity contribution in [2.45, 2.75) is 25.7 Å². The standard InChI is InChI=1S/C22H26N6O/c1-17-20(16-26-28(17)22-24-8-5-9-25-22)19(14-18-6-3-2-4-7-18)15-21(29)27-12-10-23-11-13-27/h2-9,16,19,23H,10-15H2,1H3. The van der Waals surface area contributed by atoms with Gasteiger partial charge < -0.3 is 10.2 Å². The highest BCUT2D eigenvalue weighted by Crippen LogP contribution is 2.28. The topological polar surface area (TPSA) is 75.9 Å². The van der Waals surface area contributed by atoms with Crippen LogP contribution in [0.4, 0.5) is 0 Å². The highest BCUT2D eigenvalue weighted by molar-refractivity contribution is 5.77. The number of carbonyl (C=O) groups excluding carboxylic acids is 1. The van der Waals surface area contributed by atoms with Crippen LogP contribution in [0, 0.1) is 6.92 Å². The van der Waals surface area contributed by atoms with Crippen LogP contribution in [-0.4, -0.2) is 56.7 Å². The largest absolute Gasteiger partial charge is 0.340 e. The third-order valence-electron chi connectivity index (χ3n) is 5.44. The molecule has 0 radical (unpaired) electrons. The number of nitrogens with zero attached hydrogens (tertiary/aromatic N) is 5. The summed E-state index contributed by atoms with van der Waals surface area (Å²) >= 11 is 0. The molecule has 3 aromatic rings. The molecule has 0 bridgehead atoms. The molecule has 0 spiro atoms. The van der Waals surface area contributed by atoms with Crippen LogP contribution in [0.25, 0.3) is 5.95 Å². The Balaban J connectivity index is 1.61. The normalized spacial score (nSPS) is 15.3. The van der Waals surface area contributed by atoms with Gasteiger partial charge in [0.2, 0.25) is 5.91 Å². The molecule has 1 aliphatic rings. The maximum absolute atomic E-state index is 13.0. The van der Waals surface area contributed by atoms with Crippen molar-refractivity contribution in [3.8, 4) is 5.95 Å². The first-order chi connectivity index (χ1) is 14.2. The lowest BCUT2D eigenvalue weighted by Gasteiger charge is -2.29. The fourth-order valence-corrected chi connectivity index (χ4v) is 3.87. The van der Waals surface area contributed by atoms with Gasteiger partial charge in [0.1, 0.15) is 0 Å². The van der Waals surface area contributed by atoms with Gasteiger partial charge >= 0.3 is 0 Å². The Morgan fingerprint density at radius 1 is 1.10 bits per heavy atom. The minimum absolute atomic E-state index is 0.0530. The molecule has 1 aromatic carbocycles. The van der Waals surface area contributed by atoms with E-state index in [2.05, 4.69) is 32.5 Å². The number of amides is 1. The zero-order valence-electron chi connectivity index (χ0n) is 16.7. The molecule has 1 aliphatic heterocycles. The third kappa shape index (κ3) is 4.51. The summed E-state index contributed by atoms with van der Waals surface area (Å²) in [5.41, 5.74) is 3.27. The van der Waals surface area contributed by atoms with Gasteiger partial charge in [-0.05, 0) is 30.5 Å². The molecule has 1 fully saturated rings. The average Bonchev–Trinajstić information content (AvgIpc) is 3.16. The number of benzene rings is 1. The summed E-state index contributed by atoms with van der Waals surface area (Å²) in [5.74, 6) is 0.802. The lowest BCUT2D eigenvalue weighted by Crippen LogP contribution is -2.46. The first kappa shape index (κ1) is 19.3. The zero-order valence-corrected chi connectivity index (χ0v) is 16.7. The first-order valence-corrected chi connectivity index (χ1v) is 10.1. The van der Waals surface area contributed by atoms with Gasteiger partial charge in [0.25, 0.3) is 5.95 Å². The van der Waals surface area contributed by atoms with Crippen molar-refractivity contribution in [3.63, 3.8) is 0 Å². The molecule has 2 aromatic heterocycles. The summed E-state index contributed by atoms with van der Waals surface area (Å²) in [6, 6.07) is 12.1. The molecule has 1 saturated heterocycles. The summed E-state index contributed by atoms with van der Waals surface area (Å²) in [6.07, 6.45) is 6.54. The van der Waals surface area contributed by atoms with Gasteiger partial charge in [0.15, 0.2) is 0 Å². The molecule has 1 unspecified atom stereocenters. The molecule has 1 atom stereocenters. The van der Waals surface area contributed by atoms with Gasteiger partial charge in [-0.3, -0.25) is 4.79 Å². The lowest BCUT2D eigenvalue weighted by atomic mass is 9.89. The van der Waals surface area contributed by atoms with E-state index in [0.717, 1.165) is 43.9 Å². The Morgan fingerprint density at radius 3 is 2.55 bits per heavy atom. The smallest absolute Gasteiger partial charge is 0.250 e. The Morgan fingerprint density at radius 2 is 1.83 bits per heavy atom. The summed E-state index contributed by atoms with van der Waals surface area (Å²) in [5, 5.41) is 7.83. The quantitative estimate of drug-likeness (QED) is 0.698. The fourth-order valence-electron chi connectivity index (χ4n) is 3.87. The highest BCUT2D eigenvalue weighted by atomic mass is 16.2. The summed E-state index contributed by atoms with van der Waals surface area (Å²) in [7, 11) is 0. The van der Waals surface area contributed by atoms with E-state index in [9.17, 15) is 4.79 Å². The van der Waals surface area contributed by atoms with Gasteiger partial charge in [0.05, 0.1) is 6.20 Å². The maximum atomic E-state index is 13.0. The summed E-state index contributed by atoms with van der Waals surface area (Å²) in [6.45, 7) is 5.28. The molecule has 3 heterocycles. The zero-order chi connectivity index (χ0) is 20.1. The molecule has 4 rings (SSSR count). The molecule has 1 amide bonds. The maximum Gasteiger partial charge on any atom is 0.250 e. The first-order valence-electron chi connectivity index (χ1n) is 10.1. The van der Waals surface area contributed by atoms with Crippen molar-refractivity contribution in [1.82, 2.24) is 30.0 Å². The number of carbonyl (C=O) groups is 1. The van der Waals surface area contributed by atoms with Crippen LogP contribution in [0.15, 0.2) is 55.0 Å². The van der Waals surface area contributed by atoms with Crippen molar-refractivity contribution in [2.75, 3.05) is 26.2 Å². The molecule has 7 nitrogen and oxygen atoms in total. The van der Waals surface area contributed by atoms with E-state index in [0.29, 0.717) is 12.4 Å². The predicted octanol–water partition coefficient (Wildman–Crippen LogP) is 2.12. The monoisotopic (exact) mass is 390 g/mol. The van der Waals surface area contributed by atoms with E-state index in [1.165, 1.54) is 5.56 Å². The van der Waals surface area contributed by atoms with Crippen LogP contribution in [0.5, 0.6) is 0 Å². The number of aromatic nitrogens is 4. The van der Waals surface area contributed by atoms with Crippen LogP contribution >= 0.6 is 0 Å². The van der Waals surface area contributed by atoms with Crippen molar-refractivity contribution >= 4 is 5.91 Å². The molecule has 1 N–H and O–H groups in total. The Bertz CT molecular complexity index is 934. The molecular weight excluding hydrogens is 364 g/mol. The van der Waals surface area contributed by atoms with E-state index in [1.807, 2.05) is 36.2 Å². The number of piperazine rings is 1. The SMILES string of the molecule is Cc1c(C(CC(=O)N2CCNCC2)Cc2ccccc2)cnn1-c1ncccn1. The Kier molecular flexibility index (Phi) is 5.95. The second-order valence-corrected chi connectivity index (χ2v) is 7.37. The number of hydrogen-bond acceptors (Lipinski definition) is 5. The van der Waals surface area contributed by atoms with Crippen LogP contribution in [0.3, 0.4) is 0 Å². The van der Waals surface area contributed by atoms with Crippen molar-refractivity contribution in [2.24, 2.45) is 0 Å². The predicted molar refractivity (Wildman–Crippen MR) is 111 cm³/mol. The number of rotatable bonds is 6. The average molecular weight is 390 g/mol. The van der Waals surface area contributed by atoms with E-state index in [-0.39, 0.29) is 11.8 Å². The molecule has 29 heavy (non-hydrogen) atoms. The molecule has 0 saturated carbocycles. The van der Waals surface area contributed by atoms with Gasteiger partial charge in [-0.25, -0.2) is 14.6 Å². The third-order valence-corrected chi connectivity index (χ3v) is 5.44. The number of nitrogens with one attached hydrogen (secondary N) is 1. The van der Waals surface area contributed by atoms with Gasteiger partial charge in [-0.2, -0.15) is 5.10 Å². The molecule has 150 valence electrons. The van der Waals surface area contributed by atoms with Crippen LogP contribution < -0.4 is 5.32 Å². The molecule has 7 heteroatoms. The van der Waals surface area contributed by atoms with Crippen LogP contribution in [0.1, 0.15) is 29.2 Å². The Labute approximate surface area is 170 Å². The van der Waals surface area contributed by atoms with E-state index >= 15 is 0 Å². The van der Waals surface area contributed by atoms with Gasteiger partial charge in [0, 0.05) is 56.6 Å². The Hall–Kier alpha value is -3.06. The highest BCUT2D eigenvalue weighted by Gasteiger charge is 2.25. The summed E-state index contributed by atoms with van der Waals surface area (Å²) < 4.78 is 1.75. The van der Waals surface area contributed by atoms with Crippen molar-refractivity contribution < 1.29 is 4.79 Å². The van der Waals surface area contributed by atoms with E-state index in [4.69, 9.17) is 0 Å². The lowest BCUT2D eigenvalue weighted by molar-refractivity contribution is -0.132. The van der Waals surface area contributed by atoms with Crippen LogP contribution in [-0.2, 0) is 11.2 Å². The van der Waals surface area contributed by atoms with E-state index < -0.39 is 0 Å². The second-order valence-electron chi connectivity index (χ2n) is 7.37. The fraction of sp³-hybridized carbons (Fsp3) is 0.364. The van der Waals surface area contributed by atoms with Crippen LogP contribution in [0.2, 0.25) is 0 Å². The molecular formula is C22H26N6O. The van der Waals surface area contributed by atoms with Crippen molar-refractivity contribution in [3.05, 3.63) is 71.8 Å². The summed E-state index contributed by atoms with van der Waals surface area (Å²) in [4.78, 5) is 23.6.